The fourth-order valence-corrected chi connectivity index (χ4v) is 3.83. The van der Waals surface area contributed by atoms with E-state index >= 15 is 0 Å². The van der Waals surface area contributed by atoms with Crippen molar-refractivity contribution < 1.29 is 14.4 Å². The lowest BCUT2D eigenvalue weighted by atomic mass is 9.97. The van der Waals surface area contributed by atoms with E-state index in [1.165, 1.54) is 11.0 Å². The number of fused-ring (bicyclic) bond motifs is 1. The molecule has 3 aromatic carbocycles. The highest BCUT2D eigenvalue weighted by molar-refractivity contribution is 6.31. The first-order chi connectivity index (χ1) is 15.5. The molecular weight excluding hydrogens is 428 g/mol. The zero-order valence-electron chi connectivity index (χ0n) is 16.6. The van der Waals surface area contributed by atoms with Crippen LogP contribution in [0.3, 0.4) is 0 Å². The highest BCUT2D eigenvalue weighted by Crippen LogP contribution is 2.28. The van der Waals surface area contributed by atoms with Crippen molar-refractivity contribution in [3.8, 4) is 11.3 Å². The Morgan fingerprint density at radius 3 is 2.19 bits per heavy atom. The molecule has 1 aromatic heterocycles. The maximum absolute atomic E-state index is 13.1. The molecular formula is C24H15ClN4O3. The van der Waals surface area contributed by atoms with Crippen LogP contribution in [-0.2, 0) is 6.67 Å². The van der Waals surface area contributed by atoms with Crippen molar-refractivity contribution in [2.45, 2.75) is 6.67 Å². The molecule has 0 atom stereocenters. The molecule has 0 fully saturated rings. The minimum absolute atomic E-state index is 0.137. The Labute approximate surface area is 187 Å². The fraction of sp³-hybridized carbons (Fsp3) is 0.0417. The van der Waals surface area contributed by atoms with Crippen LogP contribution in [0.5, 0.6) is 0 Å². The van der Waals surface area contributed by atoms with E-state index < -0.39 is 11.8 Å². The highest BCUT2D eigenvalue weighted by Gasteiger charge is 2.35. The van der Waals surface area contributed by atoms with Crippen molar-refractivity contribution in [2.75, 3.05) is 0 Å². The van der Waals surface area contributed by atoms with Gasteiger partial charge in [0.05, 0.1) is 17.3 Å². The van der Waals surface area contributed by atoms with E-state index in [0.717, 1.165) is 4.90 Å². The van der Waals surface area contributed by atoms with E-state index in [2.05, 4.69) is 10.2 Å². The van der Waals surface area contributed by atoms with Crippen LogP contribution in [0.25, 0.3) is 11.3 Å². The second kappa shape index (κ2) is 7.86. The number of aromatic nitrogens is 3. The van der Waals surface area contributed by atoms with E-state index in [-0.39, 0.29) is 12.5 Å². The molecule has 8 heteroatoms. The molecule has 2 heterocycles. The van der Waals surface area contributed by atoms with Gasteiger partial charge in [0.15, 0.2) is 5.78 Å². The van der Waals surface area contributed by atoms with Gasteiger partial charge in [-0.15, -0.1) is 0 Å². The summed E-state index contributed by atoms with van der Waals surface area (Å²) in [5, 5.41) is 9.03. The molecule has 32 heavy (non-hydrogen) atoms. The molecule has 0 bridgehead atoms. The lowest BCUT2D eigenvalue weighted by Gasteiger charge is -2.12. The number of nitrogens with zero attached hydrogens (tertiary/aromatic N) is 4. The van der Waals surface area contributed by atoms with Gasteiger partial charge < -0.3 is 0 Å². The van der Waals surface area contributed by atoms with Crippen LogP contribution in [-0.4, -0.2) is 37.5 Å². The van der Waals surface area contributed by atoms with Crippen LogP contribution >= 0.6 is 11.6 Å². The van der Waals surface area contributed by atoms with Gasteiger partial charge in [-0.2, -0.15) is 15.0 Å². The van der Waals surface area contributed by atoms with Crippen molar-refractivity contribution >= 4 is 29.2 Å². The zero-order valence-corrected chi connectivity index (χ0v) is 17.4. The van der Waals surface area contributed by atoms with Crippen LogP contribution in [0.1, 0.15) is 36.6 Å². The van der Waals surface area contributed by atoms with Crippen LogP contribution in [0.4, 0.5) is 0 Å². The monoisotopic (exact) mass is 442 g/mol. The summed E-state index contributed by atoms with van der Waals surface area (Å²) >= 11 is 6.16. The summed E-state index contributed by atoms with van der Waals surface area (Å²) in [5.41, 5.74) is 2.61. The van der Waals surface area contributed by atoms with Crippen LogP contribution < -0.4 is 0 Å². The lowest BCUT2D eigenvalue weighted by molar-refractivity contribution is 0.0587. The van der Waals surface area contributed by atoms with Crippen molar-refractivity contribution in [3.63, 3.8) is 0 Å². The number of carbonyl (C=O) groups is 3. The molecule has 156 valence electrons. The van der Waals surface area contributed by atoms with Gasteiger partial charge in [-0.3, -0.25) is 19.3 Å². The van der Waals surface area contributed by atoms with E-state index in [0.29, 0.717) is 38.5 Å². The molecule has 1 aliphatic rings. The third kappa shape index (κ3) is 3.38. The Morgan fingerprint density at radius 1 is 0.844 bits per heavy atom. The summed E-state index contributed by atoms with van der Waals surface area (Å²) in [5.74, 6) is -0.982. The number of hydrogen-bond acceptors (Lipinski definition) is 5. The first kappa shape index (κ1) is 19.8. The normalized spacial score (nSPS) is 12.8. The standard InChI is InChI=1S/C24H15ClN4O3/c25-16-10-11-17(20(12-16)22(30)15-6-2-1-3-7-15)21-13-26-29(27-21)14-28-23(31)18-8-4-5-9-19(18)24(28)32/h1-13H,14H2. The summed E-state index contributed by atoms with van der Waals surface area (Å²) in [6.07, 6.45) is 1.49. The second-order valence-electron chi connectivity index (χ2n) is 7.21. The molecule has 2 amide bonds. The first-order valence-corrected chi connectivity index (χ1v) is 10.2. The predicted molar refractivity (Wildman–Crippen MR) is 117 cm³/mol. The van der Waals surface area contributed by atoms with Gasteiger partial charge in [0.1, 0.15) is 12.4 Å². The molecule has 0 spiro atoms. The van der Waals surface area contributed by atoms with E-state index in [4.69, 9.17) is 11.6 Å². The van der Waals surface area contributed by atoms with Crippen molar-refractivity contribution in [3.05, 3.63) is 106 Å². The first-order valence-electron chi connectivity index (χ1n) is 9.78. The topological polar surface area (TPSA) is 85.2 Å². The molecule has 0 N–H and O–H groups in total. The average Bonchev–Trinajstić information content (AvgIpc) is 3.38. The van der Waals surface area contributed by atoms with Gasteiger partial charge in [-0.05, 0) is 24.3 Å². The van der Waals surface area contributed by atoms with Gasteiger partial charge in [0.25, 0.3) is 11.8 Å². The Bertz CT molecular complexity index is 1350. The summed E-state index contributed by atoms with van der Waals surface area (Å²) in [7, 11) is 0. The van der Waals surface area contributed by atoms with Gasteiger partial charge in [-0.25, -0.2) is 0 Å². The molecule has 0 radical (unpaired) electrons. The van der Waals surface area contributed by atoms with Crippen molar-refractivity contribution in [1.29, 1.82) is 0 Å². The highest BCUT2D eigenvalue weighted by atomic mass is 35.5. The molecule has 1 aliphatic heterocycles. The number of halogens is 1. The average molecular weight is 443 g/mol. The Hall–Kier alpha value is -4.10. The smallest absolute Gasteiger partial charge is 0.263 e. The third-order valence-electron chi connectivity index (χ3n) is 5.22. The van der Waals surface area contributed by atoms with Gasteiger partial charge in [0.2, 0.25) is 0 Å². The largest absolute Gasteiger partial charge is 0.289 e. The fourth-order valence-electron chi connectivity index (χ4n) is 3.66. The summed E-state index contributed by atoms with van der Waals surface area (Å²) < 4.78 is 0. The number of ketones is 1. The molecule has 0 unspecified atom stereocenters. The number of rotatable bonds is 5. The Balaban J connectivity index is 1.45. The van der Waals surface area contributed by atoms with Gasteiger partial charge in [-0.1, -0.05) is 60.1 Å². The summed E-state index contributed by atoms with van der Waals surface area (Å²) in [4.78, 5) is 40.6. The second-order valence-corrected chi connectivity index (χ2v) is 7.65. The van der Waals surface area contributed by atoms with E-state index in [1.54, 1.807) is 66.7 Å². The van der Waals surface area contributed by atoms with Crippen LogP contribution in [0.15, 0.2) is 79.0 Å². The number of carbonyl (C=O) groups excluding carboxylic acids is 3. The van der Waals surface area contributed by atoms with E-state index in [1.807, 2.05) is 6.07 Å². The van der Waals surface area contributed by atoms with Crippen molar-refractivity contribution in [2.24, 2.45) is 0 Å². The van der Waals surface area contributed by atoms with Crippen LogP contribution in [0, 0.1) is 0 Å². The molecule has 0 saturated carbocycles. The summed E-state index contributed by atoms with van der Waals surface area (Å²) in [6.45, 7) is -0.137. The quantitative estimate of drug-likeness (QED) is 0.343. The third-order valence-corrected chi connectivity index (χ3v) is 5.46. The molecule has 5 rings (SSSR count). The molecule has 0 saturated heterocycles. The maximum atomic E-state index is 13.1. The number of amides is 2. The SMILES string of the molecule is O=C(c1ccccc1)c1cc(Cl)ccc1-c1cnn(CN2C(=O)c3ccccc3C2=O)n1. The lowest BCUT2D eigenvalue weighted by Crippen LogP contribution is -2.32. The molecule has 0 aliphatic carbocycles. The van der Waals surface area contributed by atoms with E-state index in [9.17, 15) is 14.4 Å². The minimum Gasteiger partial charge on any atom is -0.289 e. The number of hydrogen-bond donors (Lipinski definition) is 0. The van der Waals surface area contributed by atoms with Crippen LogP contribution in [0.2, 0.25) is 5.02 Å². The number of benzene rings is 3. The minimum atomic E-state index is -0.393. The van der Waals surface area contributed by atoms with Gasteiger partial charge in [0, 0.05) is 21.7 Å². The summed E-state index contributed by atoms with van der Waals surface area (Å²) in [6, 6.07) is 20.5. The zero-order chi connectivity index (χ0) is 22.2. The Morgan fingerprint density at radius 2 is 1.50 bits per heavy atom. The Kier molecular flexibility index (Phi) is 4.88. The molecule has 7 nitrogen and oxygen atoms in total. The predicted octanol–water partition coefficient (Wildman–Crippen LogP) is 4.08. The van der Waals surface area contributed by atoms with Gasteiger partial charge >= 0.3 is 0 Å². The molecule has 4 aromatic rings. The maximum Gasteiger partial charge on any atom is 0.263 e. The number of imide groups is 1. The van der Waals surface area contributed by atoms with Crippen molar-refractivity contribution in [1.82, 2.24) is 19.9 Å².